The summed E-state index contributed by atoms with van der Waals surface area (Å²) in [6.07, 6.45) is 3.94. The Hall–Kier alpha value is -1.63. The molecule has 0 atom stereocenters. The van der Waals surface area contributed by atoms with Gasteiger partial charge >= 0.3 is 0 Å². The molecule has 1 aliphatic rings. The molecule has 3 nitrogen and oxygen atoms in total. The number of thiophene rings is 1. The number of thioether (sulfide) groups is 1. The Labute approximate surface area is 153 Å². The highest BCUT2D eigenvalue weighted by Crippen LogP contribution is 2.48. The van der Waals surface area contributed by atoms with E-state index in [1.807, 2.05) is 18.2 Å². The molecule has 0 saturated carbocycles. The number of carbonyl (C=O) groups is 1. The highest BCUT2D eigenvalue weighted by Gasteiger charge is 2.30. The fourth-order valence-electron chi connectivity index (χ4n) is 3.02. The molecule has 2 heterocycles. The quantitative estimate of drug-likeness (QED) is 0.677. The highest BCUT2D eigenvalue weighted by atomic mass is 32.2. The first-order chi connectivity index (χ1) is 11.7. The van der Waals surface area contributed by atoms with Crippen LogP contribution in [-0.4, -0.2) is 24.2 Å². The molecule has 1 amide bonds. The van der Waals surface area contributed by atoms with Crippen LogP contribution in [0.15, 0.2) is 34.5 Å². The van der Waals surface area contributed by atoms with Gasteiger partial charge in [0.15, 0.2) is 0 Å². The lowest BCUT2D eigenvalue weighted by Gasteiger charge is -2.13. The molecule has 0 saturated heterocycles. The van der Waals surface area contributed by atoms with Gasteiger partial charge in [-0.05, 0) is 24.7 Å². The molecule has 1 aliphatic carbocycles. The van der Waals surface area contributed by atoms with E-state index in [4.69, 9.17) is 4.98 Å². The second kappa shape index (κ2) is 6.35. The van der Waals surface area contributed by atoms with Crippen LogP contribution in [0.5, 0.6) is 0 Å². The first kappa shape index (κ1) is 15.9. The van der Waals surface area contributed by atoms with Gasteiger partial charge in [-0.2, -0.15) is 0 Å². The minimum absolute atomic E-state index is 0.0125. The van der Waals surface area contributed by atoms with Crippen LogP contribution in [0.25, 0.3) is 21.8 Å². The second-order valence-corrected chi connectivity index (χ2v) is 8.69. The van der Waals surface area contributed by atoms with Crippen LogP contribution < -0.4 is 5.32 Å². The summed E-state index contributed by atoms with van der Waals surface area (Å²) in [5.74, 6) is 0.0125. The zero-order valence-electron chi connectivity index (χ0n) is 13.4. The molecule has 6 heteroatoms. The number of benzene rings is 1. The summed E-state index contributed by atoms with van der Waals surface area (Å²) in [6, 6.07) is 10.3. The maximum atomic E-state index is 12.2. The number of nitrogens with one attached hydrogen (secondary N) is 1. The van der Waals surface area contributed by atoms with Crippen molar-refractivity contribution in [3.63, 3.8) is 0 Å². The number of aromatic nitrogens is 1. The Balaban J connectivity index is 1.88. The van der Waals surface area contributed by atoms with Crippen molar-refractivity contribution < 1.29 is 4.79 Å². The molecule has 122 valence electrons. The number of hydrogen-bond acceptors (Lipinski definition) is 5. The van der Waals surface area contributed by atoms with Gasteiger partial charge in [0.05, 0.1) is 14.8 Å². The van der Waals surface area contributed by atoms with E-state index in [0.717, 1.165) is 34.0 Å². The van der Waals surface area contributed by atoms with Crippen LogP contribution in [0.4, 0.5) is 0 Å². The van der Waals surface area contributed by atoms with E-state index < -0.39 is 0 Å². The Morgan fingerprint density at radius 2 is 2.00 bits per heavy atom. The van der Waals surface area contributed by atoms with Gasteiger partial charge in [0.25, 0.3) is 5.91 Å². The van der Waals surface area contributed by atoms with Crippen LogP contribution in [0, 0.1) is 0 Å². The van der Waals surface area contributed by atoms with Crippen LogP contribution in [0.1, 0.15) is 20.1 Å². The van der Waals surface area contributed by atoms with E-state index in [1.165, 1.54) is 20.2 Å². The van der Waals surface area contributed by atoms with Gasteiger partial charge < -0.3 is 5.32 Å². The van der Waals surface area contributed by atoms with E-state index >= 15 is 0 Å². The molecule has 0 spiro atoms. The van der Waals surface area contributed by atoms with Crippen LogP contribution in [0.2, 0.25) is 0 Å². The molecule has 4 rings (SSSR count). The van der Waals surface area contributed by atoms with Gasteiger partial charge in [-0.25, -0.2) is 4.98 Å². The van der Waals surface area contributed by atoms with Gasteiger partial charge in [-0.15, -0.1) is 34.4 Å². The predicted octanol–water partition coefficient (Wildman–Crippen LogP) is 4.72. The molecule has 0 fully saturated rings. The van der Waals surface area contributed by atoms with Crippen molar-refractivity contribution in [2.24, 2.45) is 0 Å². The Kier molecular flexibility index (Phi) is 4.20. The zero-order valence-corrected chi connectivity index (χ0v) is 15.8. The Bertz CT molecular complexity index is 912. The minimum atomic E-state index is 0.0125. The van der Waals surface area contributed by atoms with Crippen LogP contribution in [0.3, 0.4) is 0 Å². The van der Waals surface area contributed by atoms with E-state index in [9.17, 15) is 4.79 Å². The van der Waals surface area contributed by atoms with E-state index in [2.05, 4.69) is 23.7 Å². The average molecular weight is 373 g/mol. The lowest BCUT2D eigenvalue weighted by Crippen LogP contribution is -2.18. The van der Waals surface area contributed by atoms with Crippen molar-refractivity contribution in [1.82, 2.24) is 10.3 Å². The first-order valence-electron chi connectivity index (χ1n) is 7.70. The summed E-state index contributed by atoms with van der Waals surface area (Å²) in [4.78, 5) is 19.4. The van der Waals surface area contributed by atoms with Crippen LogP contribution in [-0.2, 0) is 12.8 Å². The summed E-state index contributed by atoms with van der Waals surface area (Å²) in [7, 11) is 1.69. The number of hydrogen-bond donors (Lipinski definition) is 1. The van der Waals surface area contributed by atoms with Gasteiger partial charge in [0, 0.05) is 23.1 Å². The van der Waals surface area contributed by atoms with Crippen molar-refractivity contribution in [1.29, 1.82) is 0 Å². The minimum Gasteiger partial charge on any atom is -0.354 e. The number of thiazole rings is 1. The topological polar surface area (TPSA) is 42.0 Å². The van der Waals surface area contributed by atoms with Crippen molar-refractivity contribution in [3.05, 3.63) is 45.6 Å². The normalized spacial score (nSPS) is 12.6. The third-order valence-corrected chi connectivity index (χ3v) is 7.66. The molecular weight excluding hydrogens is 356 g/mol. The lowest BCUT2D eigenvalue weighted by atomic mass is 9.95. The molecular formula is C18H16N2OS3. The largest absolute Gasteiger partial charge is 0.354 e. The monoisotopic (exact) mass is 372 g/mol. The van der Waals surface area contributed by atoms with E-state index in [-0.39, 0.29) is 5.91 Å². The first-order valence-corrected chi connectivity index (χ1v) is 10.6. The summed E-state index contributed by atoms with van der Waals surface area (Å²) in [5.41, 5.74) is 4.59. The lowest BCUT2D eigenvalue weighted by molar-refractivity contribution is 0.0966. The van der Waals surface area contributed by atoms with Gasteiger partial charge in [-0.1, -0.05) is 30.3 Å². The van der Waals surface area contributed by atoms with Crippen LogP contribution >= 0.6 is 34.4 Å². The Morgan fingerprint density at radius 1 is 1.21 bits per heavy atom. The predicted molar refractivity (Wildman–Crippen MR) is 103 cm³/mol. The second-order valence-electron chi connectivity index (χ2n) is 5.51. The smallest absolute Gasteiger partial charge is 0.261 e. The number of rotatable bonds is 3. The number of fused-ring (bicyclic) bond motifs is 3. The number of carbonyl (C=O) groups excluding carboxylic acids is 1. The molecule has 0 radical (unpaired) electrons. The van der Waals surface area contributed by atoms with E-state index in [1.54, 1.807) is 41.5 Å². The maximum absolute atomic E-state index is 12.2. The molecule has 0 bridgehead atoms. The molecule has 0 aliphatic heterocycles. The third kappa shape index (κ3) is 2.49. The van der Waals surface area contributed by atoms with Gasteiger partial charge in [-0.3, -0.25) is 4.79 Å². The maximum Gasteiger partial charge on any atom is 0.261 e. The molecule has 2 aromatic heterocycles. The molecule has 1 N–H and O–H groups in total. The summed E-state index contributed by atoms with van der Waals surface area (Å²) >= 11 is 5.07. The van der Waals surface area contributed by atoms with Gasteiger partial charge in [0.2, 0.25) is 0 Å². The fraction of sp³-hybridized carbons (Fsp3) is 0.222. The average Bonchev–Trinajstić information content (AvgIpc) is 3.22. The van der Waals surface area contributed by atoms with Crippen molar-refractivity contribution >= 4 is 40.3 Å². The summed E-state index contributed by atoms with van der Waals surface area (Å²) in [6.45, 7) is 0. The summed E-state index contributed by atoms with van der Waals surface area (Å²) < 4.78 is 1.19. The molecule has 3 aromatic rings. The Morgan fingerprint density at radius 3 is 2.71 bits per heavy atom. The van der Waals surface area contributed by atoms with Crippen molar-refractivity contribution in [2.45, 2.75) is 17.1 Å². The standard InChI is InChI=1S/C18H16N2OS3/c1-19-16(21)15-11-8-9-12-14(13(11)18(22-2)24-15)20-17(23-12)10-6-4-3-5-7-10/h3-7H,8-9H2,1-2H3,(H,19,21). The van der Waals surface area contributed by atoms with Gasteiger partial charge in [0.1, 0.15) is 5.01 Å². The fourth-order valence-corrected chi connectivity index (χ4v) is 6.13. The number of aryl methyl sites for hydroxylation is 1. The molecule has 24 heavy (non-hydrogen) atoms. The van der Waals surface area contributed by atoms with Crippen molar-refractivity contribution in [3.8, 4) is 21.8 Å². The molecule has 1 aromatic carbocycles. The number of amides is 1. The third-order valence-electron chi connectivity index (χ3n) is 4.15. The van der Waals surface area contributed by atoms with E-state index in [0.29, 0.717) is 0 Å². The molecule has 0 unspecified atom stereocenters. The highest BCUT2D eigenvalue weighted by molar-refractivity contribution is 8.00. The summed E-state index contributed by atoms with van der Waals surface area (Å²) in [5, 5.41) is 3.83. The van der Waals surface area contributed by atoms with Crippen molar-refractivity contribution in [2.75, 3.05) is 13.3 Å². The number of nitrogens with zero attached hydrogens (tertiary/aromatic N) is 1. The SMILES string of the molecule is CNC(=O)c1sc(SC)c2c1CCc1sc(-c3ccccc3)nc1-2. The zero-order chi connectivity index (χ0) is 16.7.